The van der Waals surface area contributed by atoms with Crippen molar-refractivity contribution in [1.82, 2.24) is 9.21 Å². The lowest BCUT2D eigenvalue weighted by Crippen LogP contribution is -2.47. The molecule has 0 N–H and O–H groups in total. The Morgan fingerprint density at radius 1 is 1.24 bits per heavy atom. The van der Waals surface area contributed by atoms with E-state index in [1.807, 2.05) is 6.92 Å². The lowest BCUT2D eigenvalue weighted by Gasteiger charge is -2.34. The summed E-state index contributed by atoms with van der Waals surface area (Å²) in [6.45, 7) is 3.37. The molecular formula is C17H24N2O5S. The van der Waals surface area contributed by atoms with Crippen LogP contribution in [0.5, 0.6) is 11.5 Å². The van der Waals surface area contributed by atoms with Gasteiger partial charge in [-0.15, -0.1) is 0 Å². The van der Waals surface area contributed by atoms with Crippen molar-refractivity contribution in [3.05, 3.63) is 18.2 Å². The van der Waals surface area contributed by atoms with E-state index in [9.17, 15) is 13.2 Å². The lowest BCUT2D eigenvalue weighted by molar-refractivity contribution is -0.134. The third kappa shape index (κ3) is 3.74. The summed E-state index contributed by atoms with van der Waals surface area (Å²) in [6, 6.07) is 4.68. The molecule has 1 saturated heterocycles. The maximum Gasteiger partial charge on any atom is 0.243 e. The molecule has 1 fully saturated rings. The molecule has 1 aromatic rings. The van der Waals surface area contributed by atoms with Crippen molar-refractivity contribution in [3.63, 3.8) is 0 Å². The summed E-state index contributed by atoms with van der Waals surface area (Å²) in [4.78, 5) is 14.4. The SMILES string of the molecule is CC1CCCCN1C(=O)CN(C)S(=O)(=O)c1ccc2c(c1)OCCO2. The van der Waals surface area contributed by atoms with Crippen LogP contribution in [0.1, 0.15) is 26.2 Å². The minimum atomic E-state index is -3.77. The number of nitrogens with zero attached hydrogens (tertiary/aromatic N) is 2. The van der Waals surface area contributed by atoms with Crippen molar-refractivity contribution in [2.24, 2.45) is 0 Å². The number of sulfonamides is 1. The van der Waals surface area contributed by atoms with Gasteiger partial charge in [0.15, 0.2) is 11.5 Å². The molecule has 1 aromatic carbocycles. The number of amides is 1. The van der Waals surface area contributed by atoms with Crippen LogP contribution >= 0.6 is 0 Å². The highest BCUT2D eigenvalue weighted by Crippen LogP contribution is 2.33. The first kappa shape index (κ1) is 18.0. The van der Waals surface area contributed by atoms with E-state index in [-0.39, 0.29) is 23.4 Å². The van der Waals surface area contributed by atoms with Crippen LogP contribution in [0.15, 0.2) is 23.1 Å². The molecule has 0 radical (unpaired) electrons. The topological polar surface area (TPSA) is 76.2 Å². The van der Waals surface area contributed by atoms with Gasteiger partial charge in [0.2, 0.25) is 15.9 Å². The smallest absolute Gasteiger partial charge is 0.243 e. The van der Waals surface area contributed by atoms with Crippen LogP contribution < -0.4 is 9.47 Å². The molecule has 1 amide bonds. The van der Waals surface area contributed by atoms with Crippen molar-refractivity contribution in [3.8, 4) is 11.5 Å². The van der Waals surface area contributed by atoms with Gasteiger partial charge in [0.25, 0.3) is 0 Å². The minimum absolute atomic E-state index is 0.0961. The largest absolute Gasteiger partial charge is 0.486 e. The van der Waals surface area contributed by atoms with Crippen molar-refractivity contribution >= 4 is 15.9 Å². The van der Waals surface area contributed by atoms with Gasteiger partial charge in [-0.2, -0.15) is 4.31 Å². The first-order chi connectivity index (χ1) is 11.9. The Bertz CT molecular complexity index is 749. The fraction of sp³-hybridized carbons (Fsp3) is 0.588. The zero-order valence-electron chi connectivity index (χ0n) is 14.6. The van der Waals surface area contributed by atoms with Gasteiger partial charge in [-0.1, -0.05) is 0 Å². The molecule has 2 aliphatic rings. The number of likely N-dealkylation sites (N-methyl/N-ethyl adjacent to an activating group) is 1. The number of hydrogen-bond acceptors (Lipinski definition) is 5. The summed E-state index contributed by atoms with van der Waals surface area (Å²) in [7, 11) is -2.34. The highest BCUT2D eigenvalue weighted by Gasteiger charge is 2.29. The number of fused-ring (bicyclic) bond motifs is 1. The van der Waals surface area contributed by atoms with Crippen LogP contribution in [0.2, 0.25) is 0 Å². The lowest BCUT2D eigenvalue weighted by atomic mass is 10.0. The Morgan fingerprint density at radius 2 is 1.96 bits per heavy atom. The molecule has 3 rings (SSSR count). The average Bonchev–Trinajstić information content (AvgIpc) is 2.61. The molecule has 1 unspecified atom stereocenters. The first-order valence-corrected chi connectivity index (χ1v) is 9.99. The zero-order chi connectivity index (χ0) is 18.0. The standard InChI is InChI=1S/C17H24N2O5S/c1-13-5-3-4-8-19(13)17(20)12-18(2)25(21,22)14-6-7-15-16(11-14)24-10-9-23-15/h6-7,11,13H,3-5,8-10,12H2,1-2H3. The molecule has 0 aliphatic carbocycles. The highest BCUT2D eigenvalue weighted by atomic mass is 32.2. The zero-order valence-corrected chi connectivity index (χ0v) is 15.4. The Kier molecular flexibility index (Phi) is 5.19. The van der Waals surface area contributed by atoms with Crippen molar-refractivity contribution < 1.29 is 22.7 Å². The van der Waals surface area contributed by atoms with E-state index in [4.69, 9.17) is 9.47 Å². The van der Waals surface area contributed by atoms with E-state index < -0.39 is 10.0 Å². The summed E-state index contributed by atoms with van der Waals surface area (Å²) in [5.41, 5.74) is 0. The Labute approximate surface area is 148 Å². The fourth-order valence-electron chi connectivity index (χ4n) is 3.20. The average molecular weight is 368 g/mol. The van der Waals surface area contributed by atoms with Crippen LogP contribution in [0.25, 0.3) is 0 Å². The van der Waals surface area contributed by atoms with E-state index in [0.717, 1.165) is 23.6 Å². The number of piperidine rings is 1. The second-order valence-electron chi connectivity index (χ2n) is 6.50. The number of hydrogen-bond donors (Lipinski definition) is 0. The van der Waals surface area contributed by atoms with Gasteiger partial charge in [0, 0.05) is 25.7 Å². The van der Waals surface area contributed by atoms with Gasteiger partial charge >= 0.3 is 0 Å². The van der Waals surface area contributed by atoms with Crippen LogP contribution in [0.3, 0.4) is 0 Å². The predicted molar refractivity (Wildman–Crippen MR) is 92.3 cm³/mol. The monoisotopic (exact) mass is 368 g/mol. The van der Waals surface area contributed by atoms with Crippen LogP contribution in [-0.4, -0.2) is 62.9 Å². The quantitative estimate of drug-likeness (QED) is 0.805. The Balaban J connectivity index is 1.74. The third-order valence-corrected chi connectivity index (χ3v) is 6.50. The number of likely N-dealkylation sites (tertiary alicyclic amines) is 1. The summed E-state index contributed by atoms with van der Waals surface area (Å²) in [5, 5.41) is 0. The van der Waals surface area contributed by atoms with Crippen molar-refractivity contribution in [2.75, 3.05) is 33.4 Å². The van der Waals surface area contributed by atoms with E-state index in [2.05, 4.69) is 0 Å². The number of ether oxygens (including phenoxy) is 2. The van der Waals surface area contributed by atoms with Gasteiger partial charge in [-0.25, -0.2) is 8.42 Å². The number of benzene rings is 1. The minimum Gasteiger partial charge on any atom is -0.486 e. The molecule has 7 nitrogen and oxygen atoms in total. The maximum atomic E-state index is 12.8. The summed E-state index contributed by atoms with van der Waals surface area (Å²) in [6.07, 6.45) is 3.04. The Hall–Kier alpha value is -1.80. The number of carbonyl (C=O) groups excluding carboxylic acids is 1. The van der Waals surface area contributed by atoms with Crippen LogP contribution in [0.4, 0.5) is 0 Å². The van der Waals surface area contributed by atoms with Gasteiger partial charge in [-0.3, -0.25) is 4.79 Å². The summed E-state index contributed by atoms with van der Waals surface area (Å²) in [5.74, 6) is 0.790. The maximum absolute atomic E-state index is 12.8. The molecule has 138 valence electrons. The molecule has 2 aliphatic heterocycles. The molecule has 1 atom stereocenters. The van der Waals surface area contributed by atoms with Gasteiger partial charge in [-0.05, 0) is 38.3 Å². The second-order valence-corrected chi connectivity index (χ2v) is 8.54. The molecule has 0 bridgehead atoms. The van der Waals surface area contributed by atoms with Crippen LogP contribution in [-0.2, 0) is 14.8 Å². The molecule has 8 heteroatoms. The van der Waals surface area contributed by atoms with Gasteiger partial charge < -0.3 is 14.4 Å². The Morgan fingerprint density at radius 3 is 2.68 bits per heavy atom. The van der Waals surface area contributed by atoms with Crippen LogP contribution in [0, 0.1) is 0 Å². The van der Waals surface area contributed by atoms with Crippen molar-refractivity contribution in [2.45, 2.75) is 37.1 Å². The molecule has 2 heterocycles. The van der Waals surface area contributed by atoms with E-state index in [1.54, 1.807) is 11.0 Å². The summed E-state index contributed by atoms with van der Waals surface area (Å²) >= 11 is 0. The number of carbonyl (C=O) groups is 1. The number of rotatable bonds is 4. The van der Waals surface area contributed by atoms with Gasteiger partial charge in [0.05, 0.1) is 11.4 Å². The highest BCUT2D eigenvalue weighted by molar-refractivity contribution is 7.89. The molecule has 25 heavy (non-hydrogen) atoms. The van der Waals surface area contributed by atoms with E-state index >= 15 is 0 Å². The van der Waals surface area contributed by atoms with E-state index in [0.29, 0.717) is 31.3 Å². The molecular weight excluding hydrogens is 344 g/mol. The third-order valence-electron chi connectivity index (χ3n) is 4.70. The normalized spacial score (nSPS) is 20.6. The molecule has 0 saturated carbocycles. The second kappa shape index (κ2) is 7.21. The predicted octanol–water partition coefficient (Wildman–Crippen LogP) is 1.48. The summed E-state index contributed by atoms with van der Waals surface area (Å²) < 4.78 is 37.5. The fourth-order valence-corrected chi connectivity index (χ4v) is 4.34. The molecule has 0 spiro atoms. The van der Waals surface area contributed by atoms with E-state index in [1.165, 1.54) is 19.2 Å². The first-order valence-electron chi connectivity index (χ1n) is 8.55. The van der Waals surface area contributed by atoms with Gasteiger partial charge in [0.1, 0.15) is 13.2 Å². The molecule has 0 aromatic heterocycles. The van der Waals surface area contributed by atoms with Crippen molar-refractivity contribution in [1.29, 1.82) is 0 Å².